The number of allylic oxidation sites excluding steroid dienone is 1. The molecule has 0 saturated carbocycles. The van der Waals surface area contributed by atoms with Gasteiger partial charge >= 0.3 is 5.97 Å². The fourth-order valence-electron chi connectivity index (χ4n) is 4.16. The number of rotatable bonds is 8. The Balaban J connectivity index is 1.94. The zero-order chi connectivity index (χ0) is 25.8. The fourth-order valence-corrected chi connectivity index (χ4v) is 5.21. The number of nitrogens with zero attached hydrogens (tertiary/aromatic N) is 2. The van der Waals surface area contributed by atoms with E-state index in [1.54, 1.807) is 18.4 Å². The van der Waals surface area contributed by atoms with E-state index in [1.807, 2.05) is 69.3 Å². The number of aryl methyl sites for hydroxylation is 1. The van der Waals surface area contributed by atoms with Gasteiger partial charge in [0.25, 0.3) is 5.56 Å². The summed E-state index contributed by atoms with van der Waals surface area (Å²) in [5.41, 5.74) is 3.41. The number of esters is 1. The molecule has 0 fully saturated rings. The Morgan fingerprint density at radius 3 is 2.36 bits per heavy atom. The second-order valence-corrected chi connectivity index (χ2v) is 9.29. The summed E-state index contributed by atoms with van der Waals surface area (Å²) in [7, 11) is 0. The van der Waals surface area contributed by atoms with Crippen molar-refractivity contribution in [1.29, 1.82) is 0 Å². The number of hydrogen-bond donors (Lipinski definition) is 0. The second-order valence-electron chi connectivity index (χ2n) is 8.29. The van der Waals surface area contributed by atoms with Crippen molar-refractivity contribution in [2.24, 2.45) is 4.99 Å². The Hall–Kier alpha value is -3.65. The highest BCUT2D eigenvalue weighted by atomic mass is 32.1. The van der Waals surface area contributed by atoms with Crippen LogP contribution in [0.15, 0.2) is 63.5 Å². The van der Waals surface area contributed by atoms with Crippen LogP contribution < -0.4 is 24.4 Å². The Morgan fingerprint density at radius 2 is 1.69 bits per heavy atom. The molecule has 0 aliphatic carbocycles. The standard InChI is InChI=1S/C28H30N2O5S/c1-6-33-21-14-13-20(16-22(21)34-7-2)25-24(27(32)35-8-3)18(5)29-28-30(25)26(31)23(36-28)15-19-11-9-17(4)10-12-19/h9-16,25H,6-8H2,1-5H3/b23-15-/t25-/m0/s1. The molecule has 8 heteroatoms. The quantitative estimate of drug-likeness (QED) is 0.433. The van der Waals surface area contributed by atoms with Gasteiger partial charge in [0.2, 0.25) is 0 Å². The lowest BCUT2D eigenvalue weighted by Crippen LogP contribution is -2.40. The number of fused-ring (bicyclic) bond motifs is 1. The highest BCUT2D eigenvalue weighted by Gasteiger charge is 2.34. The average molecular weight is 507 g/mol. The van der Waals surface area contributed by atoms with Gasteiger partial charge in [-0.3, -0.25) is 9.36 Å². The zero-order valence-electron chi connectivity index (χ0n) is 21.2. The van der Waals surface area contributed by atoms with Crippen LogP contribution in [-0.2, 0) is 9.53 Å². The third-order valence-electron chi connectivity index (χ3n) is 5.78. The first-order chi connectivity index (χ1) is 17.4. The van der Waals surface area contributed by atoms with Crippen LogP contribution in [0.25, 0.3) is 6.08 Å². The highest BCUT2D eigenvalue weighted by Crippen LogP contribution is 2.36. The molecule has 1 aliphatic heterocycles. The van der Waals surface area contributed by atoms with E-state index in [0.717, 1.165) is 11.1 Å². The molecule has 1 aliphatic rings. The van der Waals surface area contributed by atoms with Crippen LogP contribution >= 0.6 is 11.3 Å². The van der Waals surface area contributed by atoms with Gasteiger partial charge in [-0.2, -0.15) is 0 Å². The Bertz CT molecular complexity index is 1480. The van der Waals surface area contributed by atoms with Gasteiger partial charge < -0.3 is 14.2 Å². The maximum Gasteiger partial charge on any atom is 0.338 e. The van der Waals surface area contributed by atoms with Gasteiger partial charge in [-0.25, -0.2) is 9.79 Å². The molecule has 0 N–H and O–H groups in total. The van der Waals surface area contributed by atoms with Crippen molar-refractivity contribution in [1.82, 2.24) is 4.57 Å². The fraction of sp³-hybridized carbons (Fsp3) is 0.321. The molecule has 0 unspecified atom stereocenters. The largest absolute Gasteiger partial charge is 0.490 e. The van der Waals surface area contributed by atoms with Crippen LogP contribution in [-0.4, -0.2) is 30.4 Å². The lowest BCUT2D eigenvalue weighted by molar-refractivity contribution is -0.139. The summed E-state index contributed by atoms with van der Waals surface area (Å²) in [6.07, 6.45) is 1.85. The van der Waals surface area contributed by atoms with Crippen LogP contribution in [0.4, 0.5) is 0 Å². The predicted molar refractivity (Wildman–Crippen MR) is 140 cm³/mol. The van der Waals surface area contributed by atoms with E-state index in [-0.39, 0.29) is 12.2 Å². The van der Waals surface area contributed by atoms with Gasteiger partial charge in [-0.1, -0.05) is 47.2 Å². The summed E-state index contributed by atoms with van der Waals surface area (Å²) in [6, 6.07) is 12.7. The third kappa shape index (κ3) is 4.99. The molecular formula is C28H30N2O5S. The smallest absolute Gasteiger partial charge is 0.338 e. The molecule has 2 aromatic carbocycles. The molecule has 4 rings (SSSR count). The van der Waals surface area contributed by atoms with E-state index in [0.29, 0.717) is 50.9 Å². The van der Waals surface area contributed by atoms with E-state index in [9.17, 15) is 9.59 Å². The first-order valence-electron chi connectivity index (χ1n) is 12.0. The van der Waals surface area contributed by atoms with Crippen molar-refractivity contribution in [3.8, 4) is 11.5 Å². The number of hydrogen-bond acceptors (Lipinski definition) is 7. The topological polar surface area (TPSA) is 79.1 Å². The van der Waals surface area contributed by atoms with Gasteiger partial charge in [-0.05, 0) is 64.0 Å². The van der Waals surface area contributed by atoms with Gasteiger partial charge in [0.1, 0.15) is 0 Å². The molecular weight excluding hydrogens is 476 g/mol. The van der Waals surface area contributed by atoms with Crippen LogP contribution in [0.1, 0.15) is 50.4 Å². The highest BCUT2D eigenvalue weighted by molar-refractivity contribution is 7.07. The van der Waals surface area contributed by atoms with Gasteiger partial charge in [0.05, 0.1) is 41.7 Å². The zero-order valence-corrected chi connectivity index (χ0v) is 22.0. The van der Waals surface area contributed by atoms with Crippen LogP contribution in [0.3, 0.4) is 0 Å². The lowest BCUT2D eigenvalue weighted by Gasteiger charge is -2.25. The van der Waals surface area contributed by atoms with Crippen molar-refractivity contribution in [3.05, 3.63) is 90.1 Å². The van der Waals surface area contributed by atoms with E-state index < -0.39 is 12.0 Å². The van der Waals surface area contributed by atoms with Crippen LogP contribution in [0, 0.1) is 6.92 Å². The maximum atomic E-state index is 13.7. The minimum Gasteiger partial charge on any atom is -0.490 e. The van der Waals surface area contributed by atoms with E-state index >= 15 is 0 Å². The number of carbonyl (C=O) groups excluding carboxylic acids is 1. The second kappa shape index (κ2) is 11.0. The molecule has 1 aromatic heterocycles. The number of ether oxygens (including phenoxy) is 3. The predicted octanol–water partition coefficient (Wildman–Crippen LogP) is 3.90. The molecule has 0 bridgehead atoms. The Morgan fingerprint density at radius 1 is 1.00 bits per heavy atom. The van der Waals surface area contributed by atoms with Gasteiger partial charge in [0, 0.05) is 0 Å². The molecule has 2 heterocycles. The Labute approximate surface area is 214 Å². The van der Waals surface area contributed by atoms with Gasteiger partial charge in [0.15, 0.2) is 16.3 Å². The summed E-state index contributed by atoms with van der Waals surface area (Å²) in [4.78, 5) is 32.0. The van der Waals surface area contributed by atoms with Crippen molar-refractivity contribution in [2.45, 2.75) is 40.7 Å². The van der Waals surface area contributed by atoms with Crippen molar-refractivity contribution in [2.75, 3.05) is 19.8 Å². The van der Waals surface area contributed by atoms with E-state index in [1.165, 1.54) is 11.3 Å². The number of benzene rings is 2. The van der Waals surface area contributed by atoms with E-state index in [4.69, 9.17) is 14.2 Å². The molecule has 3 aromatic rings. The summed E-state index contributed by atoms with van der Waals surface area (Å²) in [6.45, 7) is 10.5. The molecule has 0 saturated heterocycles. The summed E-state index contributed by atoms with van der Waals surface area (Å²) < 4.78 is 19.0. The molecule has 188 valence electrons. The maximum absolute atomic E-state index is 13.7. The molecule has 0 amide bonds. The summed E-state index contributed by atoms with van der Waals surface area (Å²) in [5, 5.41) is 0. The molecule has 0 radical (unpaired) electrons. The Kier molecular flexibility index (Phi) is 7.74. The van der Waals surface area contributed by atoms with Crippen molar-refractivity contribution in [3.63, 3.8) is 0 Å². The van der Waals surface area contributed by atoms with Crippen LogP contribution in [0.5, 0.6) is 11.5 Å². The number of aromatic nitrogens is 1. The number of thiazole rings is 1. The molecule has 7 nitrogen and oxygen atoms in total. The minimum atomic E-state index is -0.713. The normalized spacial score (nSPS) is 15.4. The first kappa shape index (κ1) is 25.4. The lowest BCUT2D eigenvalue weighted by atomic mass is 9.95. The van der Waals surface area contributed by atoms with Crippen LogP contribution in [0.2, 0.25) is 0 Å². The average Bonchev–Trinajstić information content (AvgIpc) is 3.15. The SMILES string of the molecule is CCOC(=O)C1=C(C)N=c2s/c(=C\c3ccc(C)cc3)c(=O)n2[C@H]1c1ccc(OCC)c(OCC)c1. The summed E-state index contributed by atoms with van der Waals surface area (Å²) >= 11 is 1.30. The van der Waals surface area contributed by atoms with E-state index in [2.05, 4.69) is 4.99 Å². The number of carbonyl (C=O) groups is 1. The van der Waals surface area contributed by atoms with Crippen molar-refractivity contribution < 1.29 is 19.0 Å². The third-order valence-corrected chi connectivity index (χ3v) is 6.76. The van der Waals surface area contributed by atoms with Gasteiger partial charge in [-0.15, -0.1) is 0 Å². The first-order valence-corrected chi connectivity index (χ1v) is 12.8. The molecule has 0 spiro atoms. The van der Waals surface area contributed by atoms with Crippen molar-refractivity contribution >= 4 is 23.4 Å². The monoisotopic (exact) mass is 506 g/mol. The molecule has 1 atom stereocenters. The summed E-state index contributed by atoms with van der Waals surface area (Å²) in [5.74, 6) is 0.660. The minimum absolute atomic E-state index is 0.216. The molecule has 36 heavy (non-hydrogen) atoms.